The second kappa shape index (κ2) is 10.3. The molecule has 0 amide bonds. The second-order valence-corrected chi connectivity index (χ2v) is 8.22. The molecule has 3 nitrogen and oxygen atoms in total. The molecule has 1 aliphatic carbocycles. The lowest BCUT2D eigenvalue weighted by Crippen LogP contribution is -2.49. The van der Waals surface area contributed by atoms with Crippen LogP contribution in [0.2, 0.25) is 6.04 Å². The van der Waals surface area contributed by atoms with Crippen LogP contribution in [0.1, 0.15) is 53.4 Å². The van der Waals surface area contributed by atoms with Gasteiger partial charge in [-0.05, 0) is 19.3 Å². The summed E-state index contributed by atoms with van der Waals surface area (Å²) in [6, 6.07) is 0.906. The molecule has 0 heterocycles. The molecule has 1 atom stereocenters. The molecule has 0 saturated carbocycles. The molecule has 4 heteroatoms. The molecule has 21 heavy (non-hydrogen) atoms. The maximum Gasteiger partial charge on any atom is 0.501 e. The molecule has 0 aliphatic heterocycles. The number of allylic oxidation sites excluding steroid dienone is 2. The first-order valence-corrected chi connectivity index (χ1v) is 10.4. The summed E-state index contributed by atoms with van der Waals surface area (Å²) in [7, 11) is -2.56. The van der Waals surface area contributed by atoms with Gasteiger partial charge in [0.1, 0.15) is 0 Å². The first-order valence-electron chi connectivity index (χ1n) is 8.52. The van der Waals surface area contributed by atoms with Crippen molar-refractivity contribution in [3.05, 3.63) is 24.3 Å². The Morgan fingerprint density at radius 3 is 1.90 bits per heavy atom. The Hall–Kier alpha value is -0.423. The van der Waals surface area contributed by atoms with E-state index >= 15 is 0 Å². The standard InChI is InChI=1S/C17H32O3Si/c1-5-13-18-21(15-7-3,19-14-6-2)20-17(8-4)16-11-9-10-12-16/h9-12,16-17H,5-8,13-15H2,1-4H3. The molecule has 0 N–H and O–H groups in total. The van der Waals surface area contributed by atoms with Gasteiger partial charge in [0.05, 0.1) is 6.10 Å². The molecule has 0 bridgehead atoms. The van der Waals surface area contributed by atoms with Crippen LogP contribution in [0.4, 0.5) is 0 Å². The average molecular weight is 313 g/mol. The summed E-state index contributed by atoms with van der Waals surface area (Å²) < 4.78 is 18.8. The van der Waals surface area contributed by atoms with Crippen molar-refractivity contribution in [2.45, 2.75) is 65.5 Å². The Labute approximate surface area is 131 Å². The molecule has 1 unspecified atom stereocenters. The zero-order chi connectivity index (χ0) is 15.6. The highest BCUT2D eigenvalue weighted by atomic mass is 28.4. The Bertz CT molecular complexity index is 308. The summed E-state index contributed by atoms with van der Waals surface area (Å²) in [5, 5.41) is 0. The van der Waals surface area contributed by atoms with Crippen LogP contribution in [0, 0.1) is 5.92 Å². The third-order valence-electron chi connectivity index (χ3n) is 3.55. The Morgan fingerprint density at radius 2 is 1.48 bits per heavy atom. The lowest BCUT2D eigenvalue weighted by atomic mass is 10.0. The largest absolute Gasteiger partial charge is 0.501 e. The molecule has 122 valence electrons. The van der Waals surface area contributed by atoms with Crippen LogP contribution < -0.4 is 0 Å². The van der Waals surface area contributed by atoms with Gasteiger partial charge >= 0.3 is 8.80 Å². The van der Waals surface area contributed by atoms with Crippen molar-refractivity contribution in [3.8, 4) is 0 Å². The summed E-state index contributed by atoms with van der Waals surface area (Å²) in [6.45, 7) is 10.1. The van der Waals surface area contributed by atoms with E-state index in [0.717, 1.165) is 44.9 Å². The summed E-state index contributed by atoms with van der Waals surface area (Å²) in [5.41, 5.74) is 0. The Morgan fingerprint density at radius 1 is 0.905 bits per heavy atom. The van der Waals surface area contributed by atoms with Gasteiger partial charge < -0.3 is 13.3 Å². The normalized spacial score (nSPS) is 16.8. The molecule has 1 aliphatic rings. The molecular weight excluding hydrogens is 280 g/mol. The van der Waals surface area contributed by atoms with Crippen molar-refractivity contribution < 1.29 is 13.3 Å². The zero-order valence-electron chi connectivity index (χ0n) is 14.1. The molecule has 0 saturated heterocycles. The van der Waals surface area contributed by atoms with E-state index in [1.165, 1.54) is 0 Å². The molecule has 1 rings (SSSR count). The molecular formula is C17H32O3Si. The van der Waals surface area contributed by atoms with Gasteiger partial charge in [0, 0.05) is 25.2 Å². The predicted octanol–water partition coefficient (Wildman–Crippen LogP) is 4.73. The highest BCUT2D eigenvalue weighted by Crippen LogP contribution is 2.27. The second-order valence-electron chi connectivity index (χ2n) is 5.54. The fraction of sp³-hybridized carbons (Fsp3) is 0.765. The van der Waals surface area contributed by atoms with Gasteiger partial charge in [-0.25, -0.2) is 0 Å². The van der Waals surface area contributed by atoms with Crippen LogP contribution in [-0.4, -0.2) is 28.1 Å². The van der Waals surface area contributed by atoms with Crippen molar-refractivity contribution >= 4 is 8.80 Å². The van der Waals surface area contributed by atoms with Crippen LogP contribution in [0.5, 0.6) is 0 Å². The van der Waals surface area contributed by atoms with Crippen LogP contribution in [0.25, 0.3) is 0 Å². The van der Waals surface area contributed by atoms with Crippen LogP contribution >= 0.6 is 0 Å². The van der Waals surface area contributed by atoms with Crippen molar-refractivity contribution in [3.63, 3.8) is 0 Å². The number of hydrogen-bond donors (Lipinski definition) is 0. The van der Waals surface area contributed by atoms with Gasteiger partial charge in [-0.1, -0.05) is 58.4 Å². The van der Waals surface area contributed by atoms with Gasteiger partial charge in [0.2, 0.25) is 0 Å². The van der Waals surface area contributed by atoms with Gasteiger partial charge in [-0.2, -0.15) is 0 Å². The van der Waals surface area contributed by atoms with Crippen molar-refractivity contribution in [1.82, 2.24) is 0 Å². The predicted molar refractivity (Wildman–Crippen MR) is 90.3 cm³/mol. The van der Waals surface area contributed by atoms with Crippen molar-refractivity contribution in [2.75, 3.05) is 13.2 Å². The smallest absolute Gasteiger partial charge is 0.373 e. The molecule has 0 fully saturated rings. The number of rotatable bonds is 12. The summed E-state index contributed by atoms with van der Waals surface area (Å²) >= 11 is 0. The van der Waals surface area contributed by atoms with E-state index in [-0.39, 0.29) is 6.10 Å². The molecule has 0 aromatic carbocycles. The van der Waals surface area contributed by atoms with Gasteiger partial charge in [0.15, 0.2) is 0 Å². The molecule has 0 aromatic rings. The van der Waals surface area contributed by atoms with Gasteiger partial charge in [0.25, 0.3) is 0 Å². The first-order chi connectivity index (χ1) is 10.2. The quantitative estimate of drug-likeness (QED) is 0.488. The number of hydrogen-bond acceptors (Lipinski definition) is 3. The highest BCUT2D eigenvalue weighted by Gasteiger charge is 2.43. The van der Waals surface area contributed by atoms with Crippen LogP contribution in [-0.2, 0) is 13.3 Å². The lowest BCUT2D eigenvalue weighted by molar-refractivity contribution is 0.0168. The monoisotopic (exact) mass is 312 g/mol. The van der Waals surface area contributed by atoms with Crippen LogP contribution in [0.15, 0.2) is 24.3 Å². The third-order valence-corrected chi connectivity index (χ3v) is 6.61. The summed E-state index contributed by atoms with van der Waals surface area (Å²) in [6.07, 6.45) is 12.8. The van der Waals surface area contributed by atoms with E-state index in [2.05, 4.69) is 52.0 Å². The van der Waals surface area contributed by atoms with Crippen LogP contribution in [0.3, 0.4) is 0 Å². The lowest BCUT2D eigenvalue weighted by Gasteiger charge is -2.34. The Balaban J connectivity index is 2.79. The molecule has 0 spiro atoms. The topological polar surface area (TPSA) is 27.7 Å². The minimum absolute atomic E-state index is 0.159. The average Bonchev–Trinajstić information content (AvgIpc) is 3.03. The SMILES string of the molecule is CCCO[Si](CCC)(OCCC)OC(CC)C1C=CC=C1. The van der Waals surface area contributed by atoms with E-state index in [4.69, 9.17) is 13.3 Å². The maximum absolute atomic E-state index is 6.51. The maximum atomic E-state index is 6.51. The fourth-order valence-electron chi connectivity index (χ4n) is 2.50. The minimum atomic E-state index is -2.56. The fourth-order valence-corrected chi connectivity index (χ4v) is 5.55. The van der Waals surface area contributed by atoms with Crippen molar-refractivity contribution in [2.24, 2.45) is 5.92 Å². The van der Waals surface area contributed by atoms with E-state index in [9.17, 15) is 0 Å². The van der Waals surface area contributed by atoms with Gasteiger partial charge in [-0.15, -0.1) is 0 Å². The summed E-state index contributed by atoms with van der Waals surface area (Å²) in [5.74, 6) is 0.356. The van der Waals surface area contributed by atoms with E-state index in [1.807, 2.05) is 0 Å². The molecule has 0 radical (unpaired) electrons. The third kappa shape index (κ3) is 6.07. The zero-order valence-corrected chi connectivity index (χ0v) is 15.1. The van der Waals surface area contributed by atoms with Crippen molar-refractivity contribution in [1.29, 1.82) is 0 Å². The minimum Gasteiger partial charge on any atom is -0.373 e. The van der Waals surface area contributed by atoms with E-state index in [0.29, 0.717) is 5.92 Å². The molecule has 0 aromatic heterocycles. The van der Waals surface area contributed by atoms with E-state index in [1.54, 1.807) is 0 Å². The first kappa shape index (κ1) is 18.6. The Kier molecular flexibility index (Phi) is 9.16. The van der Waals surface area contributed by atoms with Gasteiger partial charge in [-0.3, -0.25) is 0 Å². The van der Waals surface area contributed by atoms with E-state index < -0.39 is 8.80 Å². The highest BCUT2D eigenvalue weighted by molar-refractivity contribution is 6.60. The summed E-state index contributed by atoms with van der Waals surface area (Å²) in [4.78, 5) is 0.